The van der Waals surface area contributed by atoms with Crippen LogP contribution in [-0.4, -0.2) is 15.3 Å². The maximum Gasteiger partial charge on any atom is 0.271 e. The minimum atomic E-state index is -0.938. The molecule has 6 heteroatoms. The summed E-state index contributed by atoms with van der Waals surface area (Å²) in [6.45, 7) is 3.64. The maximum atomic E-state index is 13.3. The summed E-state index contributed by atoms with van der Waals surface area (Å²) < 4.78 is 28.0. The molecule has 0 fully saturated rings. The predicted molar refractivity (Wildman–Crippen MR) is 82.2 cm³/mol. The molecule has 1 unspecified atom stereocenters. The fourth-order valence-corrected chi connectivity index (χ4v) is 2.33. The molecule has 4 nitrogen and oxygen atoms in total. The number of carbonyl (C=O) groups excluding carboxylic acids is 1. The number of halogens is 2. The van der Waals surface area contributed by atoms with Crippen LogP contribution in [0.1, 0.15) is 34.6 Å². The number of imidazole rings is 1. The van der Waals surface area contributed by atoms with Crippen LogP contribution in [0.5, 0.6) is 0 Å². The standard InChI is InChI=1S/C17H15F2N3O/c1-10-5-6-22-9-15(21-16(22)7-10)17(23)20-11(2)12-3-4-13(18)14(19)8-12/h3-9,11H,1-2H3,(H,20,23). The molecule has 0 bridgehead atoms. The number of fused-ring (bicyclic) bond motifs is 1. The number of aryl methyl sites for hydroxylation is 1. The van der Waals surface area contributed by atoms with Crippen LogP contribution in [0.25, 0.3) is 5.65 Å². The summed E-state index contributed by atoms with van der Waals surface area (Å²) in [5, 5.41) is 2.73. The van der Waals surface area contributed by atoms with Crippen LogP contribution < -0.4 is 5.32 Å². The van der Waals surface area contributed by atoms with Gasteiger partial charge in [-0.25, -0.2) is 13.8 Å². The highest BCUT2D eigenvalue weighted by Crippen LogP contribution is 2.17. The molecule has 1 aromatic carbocycles. The SMILES string of the molecule is Cc1ccn2cc(C(=O)NC(C)c3ccc(F)c(F)c3)nc2c1. The molecule has 0 aliphatic rings. The van der Waals surface area contributed by atoms with E-state index in [1.54, 1.807) is 17.5 Å². The number of nitrogens with zero attached hydrogens (tertiary/aromatic N) is 2. The lowest BCUT2D eigenvalue weighted by atomic mass is 10.1. The first kappa shape index (κ1) is 15.1. The number of aromatic nitrogens is 2. The highest BCUT2D eigenvalue weighted by atomic mass is 19.2. The first-order valence-electron chi connectivity index (χ1n) is 7.15. The molecule has 0 radical (unpaired) electrons. The van der Waals surface area contributed by atoms with Gasteiger partial charge in [0, 0.05) is 12.4 Å². The molecule has 0 saturated heterocycles. The maximum absolute atomic E-state index is 13.3. The van der Waals surface area contributed by atoms with Crippen LogP contribution in [0.15, 0.2) is 42.7 Å². The number of pyridine rings is 1. The minimum absolute atomic E-state index is 0.269. The summed E-state index contributed by atoms with van der Waals surface area (Å²) in [7, 11) is 0. The van der Waals surface area contributed by atoms with Gasteiger partial charge >= 0.3 is 0 Å². The Morgan fingerprint density at radius 3 is 2.74 bits per heavy atom. The molecule has 0 spiro atoms. The molecule has 3 rings (SSSR count). The number of rotatable bonds is 3. The molecule has 1 amide bonds. The largest absolute Gasteiger partial charge is 0.344 e. The van der Waals surface area contributed by atoms with E-state index < -0.39 is 17.7 Å². The van der Waals surface area contributed by atoms with Crippen molar-refractivity contribution in [2.24, 2.45) is 0 Å². The van der Waals surface area contributed by atoms with E-state index >= 15 is 0 Å². The number of hydrogen-bond acceptors (Lipinski definition) is 2. The van der Waals surface area contributed by atoms with E-state index in [4.69, 9.17) is 0 Å². The van der Waals surface area contributed by atoms with Crippen LogP contribution in [0.4, 0.5) is 8.78 Å². The smallest absolute Gasteiger partial charge is 0.271 e. The van der Waals surface area contributed by atoms with E-state index in [2.05, 4.69) is 10.3 Å². The van der Waals surface area contributed by atoms with Gasteiger partial charge < -0.3 is 9.72 Å². The Hall–Kier alpha value is -2.76. The number of amides is 1. The van der Waals surface area contributed by atoms with Gasteiger partial charge in [0.15, 0.2) is 11.6 Å². The molecule has 1 N–H and O–H groups in total. The monoisotopic (exact) mass is 315 g/mol. The molecule has 2 heterocycles. The quantitative estimate of drug-likeness (QED) is 0.805. The van der Waals surface area contributed by atoms with Crippen molar-refractivity contribution in [2.45, 2.75) is 19.9 Å². The number of carbonyl (C=O) groups is 1. The molecular formula is C17H15F2N3O. The Morgan fingerprint density at radius 2 is 2.00 bits per heavy atom. The Kier molecular flexibility index (Phi) is 3.82. The zero-order valence-electron chi connectivity index (χ0n) is 12.7. The van der Waals surface area contributed by atoms with Gasteiger partial charge in [-0.2, -0.15) is 0 Å². The van der Waals surface area contributed by atoms with Crippen molar-refractivity contribution in [3.63, 3.8) is 0 Å². The summed E-state index contributed by atoms with van der Waals surface area (Å²) in [6.07, 6.45) is 3.45. The third-order valence-corrected chi connectivity index (χ3v) is 3.64. The van der Waals surface area contributed by atoms with Crippen LogP contribution in [0.3, 0.4) is 0 Å². The molecule has 1 atom stereocenters. The lowest BCUT2D eigenvalue weighted by molar-refractivity contribution is 0.0935. The Balaban J connectivity index is 1.80. The van der Waals surface area contributed by atoms with E-state index in [1.165, 1.54) is 6.07 Å². The second-order valence-electron chi connectivity index (χ2n) is 5.46. The van der Waals surface area contributed by atoms with Crippen molar-refractivity contribution in [1.29, 1.82) is 0 Å². The van der Waals surface area contributed by atoms with Crippen molar-refractivity contribution in [3.8, 4) is 0 Å². The fourth-order valence-electron chi connectivity index (χ4n) is 2.33. The van der Waals surface area contributed by atoms with Crippen molar-refractivity contribution in [2.75, 3.05) is 0 Å². The van der Waals surface area contributed by atoms with Gasteiger partial charge in [0.1, 0.15) is 11.3 Å². The molecule has 2 aromatic heterocycles. The molecule has 0 saturated carbocycles. The molecule has 118 valence electrons. The average molecular weight is 315 g/mol. The van der Waals surface area contributed by atoms with Gasteiger partial charge in [-0.15, -0.1) is 0 Å². The summed E-state index contributed by atoms with van der Waals surface area (Å²) in [6, 6.07) is 6.88. The Labute approximate surface area is 131 Å². The zero-order valence-corrected chi connectivity index (χ0v) is 12.7. The van der Waals surface area contributed by atoms with Crippen LogP contribution in [0, 0.1) is 18.6 Å². The summed E-state index contributed by atoms with van der Waals surface area (Å²) in [5.74, 6) is -2.22. The van der Waals surface area contributed by atoms with Gasteiger partial charge in [0.2, 0.25) is 0 Å². The van der Waals surface area contributed by atoms with Gasteiger partial charge in [-0.3, -0.25) is 4.79 Å². The van der Waals surface area contributed by atoms with Crippen LogP contribution >= 0.6 is 0 Å². The van der Waals surface area contributed by atoms with Crippen molar-refractivity contribution in [3.05, 3.63) is 71.2 Å². The molecular weight excluding hydrogens is 300 g/mol. The van der Waals surface area contributed by atoms with E-state index in [1.807, 2.05) is 25.3 Å². The second kappa shape index (κ2) is 5.79. The summed E-state index contributed by atoms with van der Waals surface area (Å²) in [4.78, 5) is 16.5. The van der Waals surface area contributed by atoms with Gasteiger partial charge in [0.05, 0.1) is 6.04 Å². The van der Waals surface area contributed by atoms with E-state index in [0.29, 0.717) is 11.2 Å². The summed E-state index contributed by atoms with van der Waals surface area (Å²) >= 11 is 0. The first-order valence-corrected chi connectivity index (χ1v) is 7.15. The lowest BCUT2D eigenvalue weighted by Crippen LogP contribution is -2.27. The number of nitrogens with one attached hydrogen (secondary N) is 1. The highest BCUT2D eigenvalue weighted by molar-refractivity contribution is 5.93. The molecule has 3 aromatic rings. The second-order valence-corrected chi connectivity index (χ2v) is 5.46. The number of hydrogen-bond donors (Lipinski definition) is 1. The van der Waals surface area contributed by atoms with Crippen molar-refractivity contribution >= 4 is 11.6 Å². The highest BCUT2D eigenvalue weighted by Gasteiger charge is 2.16. The Bertz CT molecular complexity index is 889. The number of benzene rings is 1. The van der Waals surface area contributed by atoms with Crippen molar-refractivity contribution in [1.82, 2.24) is 14.7 Å². The van der Waals surface area contributed by atoms with E-state index in [9.17, 15) is 13.6 Å². The topological polar surface area (TPSA) is 46.4 Å². The molecule has 0 aliphatic carbocycles. The minimum Gasteiger partial charge on any atom is -0.344 e. The third-order valence-electron chi connectivity index (χ3n) is 3.64. The lowest BCUT2D eigenvalue weighted by Gasteiger charge is -2.13. The predicted octanol–water partition coefficient (Wildman–Crippen LogP) is 3.41. The van der Waals surface area contributed by atoms with Gasteiger partial charge in [-0.1, -0.05) is 6.07 Å². The summed E-state index contributed by atoms with van der Waals surface area (Å²) in [5.41, 5.74) is 2.47. The Morgan fingerprint density at radius 1 is 1.22 bits per heavy atom. The molecule has 23 heavy (non-hydrogen) atoms. The first-order chi connectivity index (χ1) is 10.9. The van der Waals surface area contributed by atoms with Crippen molar-refractivity contribution < 1.29 is 13.6 Å². The third kappa shape index (κ3) is 3.06. The fraction of sp³-hybridized carbons (Fsp3) is 0.176. The molecule has 0 aliphatic heterocycles. The normalized spacial score (nSPS) is 12.3. The average Bonchev–Trinajstić information content (AvgIpc) is 2.93. The van der Waals surface area contributed by atoms with Gasteiger partial charge in [-0.05, 0) is 49.2 Å². The van der Waals surface area contributed by atoms with Gasteiger partial charge in [0.25, 0.3) is 5.91 Å². The zero-order chi connectivity index (χ0) is 16.6. The van der Waals surface area contributed by atoms with E-state index in [-0.39, 0.29) is 11.6 Å². The van der Waals surface area contributed by atoms with E-state index in [0.717, 1.165) is 17.7 Å². The van der Waals surface area contributed by atoms with Crippen LogP contribution in [-0.2, 0) is 0 Å². The van der Waals surface area contributed by atoms with Crippen LogP contribution in [0.2, 0.25) is 0 Å².